The molecule has 0 radical (unpaired) electrons. The third kappa shape index (κ3) is 4.75. The Hall–Kier alpha value is -3.21. The number of nitrogens with two attached hydrogens (primary N) is 1. The molecule has 1 amide bonds. The lowest BCUT2D eigenvalue weighted by atomic mass is 9.88. The molecule has 8 rings (SSSR count). The number of thiophene rings is 1. The van der Waals surface area contributed by atoms with Crippen LogP contribution in [0.5, 0.6) is 0 Å². The highest BCUT2D eigenvalue weighted by Gasteiger charge is 2.47. The zero-order chi connectivity index (χ0) is 27.5. The number of primary amides is 1. The number of fused-ring (bicyclic) bond motifs is 5. The summed E-state index contributed by atoms with van der Waals surface area (Å²) in [6.45, 7) is 4.43. The van der Waals surface area contributed by atoms with Crippen molar-refractivity contribution in [2.45, 2.75) is 56.3 Å². The van der Waals surface area contributed by atoms with E-state index in [1.807, 2.05) is 11.4 Å². The molecule has 5 aliphatic rings. The number of carbonyl (C=O) groups excluding carboxylic acids is 1. The van der Waals surface area contributed by atoms with E-state index < -0.39 is 0 Å². The van der Waals surface area contributed by atoms with Crippen LogP contribution in [0.25, 0.3) is 10.2 Å². The largest absolute Gasteiger partial charge is 0.369 e. The summed E-state index contributed by atoms with van der Waals surface area (Å²) in [6.07, 6.45) is 10.7. The monoisotopic (exact) mass is 570 g/mol. The number of nitrogens with zero attached hydrogens (tertiary/aromatic N) is 4. The van der Waals surface area contributed by atoms with Gasteiger partial charge >= 0.3 is 0 Å². The first-order valence-electron chi connectivity index (χ1n) is 15.2. The number of piperazine rings is 1. The van der Waals surface area contributed by atoms with Crippen molar-refractivity contribution >= 4 is 50.6 Å². The van der Waals surface area contributed by atoms with Gasteiger partial charge in [-0.3, -0.25) is 9.69 Å². The highest BCUT2D eigenvalue weighted by atomic mass is 32.1. The fraction of sp³-hybridized carbons (Fsp3) is 0.516. The second kappa shape index (κ2) is 10.3. The Labute approximate surface area is 244 Å². The number of carbonyl (C=O) groups is 1. The Kier molecular flexibility index (Phi) is 6.38. The third-order valence-electron chi connectivity index (χ3n) is 10.2. The van der Waals surface area contributed by atoms with E-state index in [-0.39, 0.29) is 23.8 Å². The molecule has 3 aromatic rings. The highest BCUT2D eigenvalue weighted by molar-refractivity contribution is 7.17. The number of aromatic nitrogens is 2. The van der Waals surface area contributed by atoms with E-state index in [2.05, 4.69) is 62.2 Å². The van der Waals surface area contributed by atoms with Gasteiger partial charge in [0.1, 0.15) is 5.82 Å². The van der Waals surface area contributed by atoms with E-state index in [0.717, 1.165) is 72.4 Å². The second-order valence-electron chi connectivity index (χ2n) is 12.5. The number of piperidine rings is 1. The summed E-state index contributed by atoms with van der Waals surface area (Å²) in [5.41, 5.74) is 8.92. The summed E-state index contributed by atoms with van der Waals surface area (Å²) in [5.74, 6) is 1.37. The molecular formula is C31H38N8OS. The van der Waals surface area contributed by atoms with Crippen LogP contribution in [0.2, 0.25) is 0 Å². The lowest BCUT2D eigenvalue weighted by Gasteiger charge is -2.43. The van der Waals surface area contributed by atoms with Crippen LogP contribution in [0.3, 0.4) is 0 Å². The lowest BCUT2D eigenvalue weighted by molar-refractivity contribution is -0.122. The zero-order valence-corrected chi connectivity index (χ0v) is 24.0. The van der Waals surface area contributed by atoms with Crippen LogP contribution < -0.4 is 26.6 Å². The average molecular weight is 571 g/mol. The molecule has 1 aromatic carbocycles. The molecule has 4 bridgehead atoms. The molecule has 6 atom stereocenters. The Bertz CT molecular complexity index is 1450. The maximum absolute atomic E-state index is 12.3. The van der Waals surface area contributed by atoms with Crippen LogP contribution >= 0.6 is 11.3 Å². The molecule has 6 unspecified atom stereocenters. The quantitative estimate of drug-likeness (QED) is 0.316. The van der Waals surface area contributed by atoms with Crippen molar-refractivity contribution in [3.05, 3.63) is 47.9 Å². The Balaban J connectivity index is 0.938. The predicted molar refractivity (Wildman–Crippen MR) is 165 cm³/mol. The topological polar surface area (TPSA) is 111 Å². The predicted octanol–water partition coefficient (Wildman–Crippen LogP) is 3.93. The fourth-order valence-corrected chi connectivity index (χ4v) is 8.92. The molecule has 2 aromatic heterocycles. The molecule has 5 heterocycles. The van der Waals surface area contributed by atoms with Crippen LogP contribution in [0.15, 0.2) is 47.9 Å². The summed E-state index contributed by atoms with van der Waals surface area (Å²) in [7, 11) is 0. The van der Waals surface area contributed by atoms with Crippen LogP contribution in [-0.2, 0) is 4.79 Å². The first-order chi connectivity index (χ1) is 20.1. The normalized spacial score (nSPS) is 32.6. The molecule has 0 spiro atoms. The molecule has 214 valence electrons. The summed E-state index contributed by atoms with van der Waals surface area (Å²) < 4.78 is 0.997. The minimum absolute atomic E-state index is 0.0415. The van der Waals surface area contributed by atoms with E-state index >= 15 is 0 Å². The smallest absolute Gasteiger partial charge is 0.229 e. The summed E-state index contributed by atoms with van der Waals surface area (Å²) in [5, 5.41) is 12.8. The van der Waals surface area contributed by atoms with Gasteiger partial charge in [-0.15, -0.1) is 11.3 Å². The van der Waals surface area contributed by atoms with Crippen LogP contribution in [-0.4, -0.2) is 71.1 Å². The number of nitrogens with one attached hydrogen (secondary N) is 3. The zero-order valence-electron chi connectivity index (χ0n) is 23.2. The van der Waals surface area contributed by atoms with Crippen LogP contribution in [0.4, 0.5) is 23.1 Å². The van der Waals surface area contributed by atoms with Crippen molar-refractivity contribution in [1.29, 1.82) is 0 Å². The summed E-state index contributed by atoms with van der Waals surface area (Å²) in [6, 6.07) is 12.8. The molecule has 41 heavy (non-hydrogen) atoms. The van der Waals surface area contributed by atoms with Crippen molar-refractivity contribution in [3.8, 4) is 0 Å². The van der Waals surface area contributed by atoms with Crippen molar-refractivity contribution in [2.75, 3.05) is 41.7 Å². The molecular weight excluding hydrogens is 532 g/mol. The van der Waals surface area contributed by atoms with Gasteiger partial charge < -0.3 is 26.6 Å². The standard InChI is InChI=1S/C31H38N8OS/c32-29(40)26-18-1-2-19(15-18)27(26)36-30-28-25(9-14-41-28)35-31(37-30)34-20-5-7-23(8-6-20)38-10-12-39(13-11-38)24-16-21-3-4-22(17-24)33-21/h1-2,5-9,14,18-19,21-22,24,26-27,33H,3-4,10-13,15-17H2,(H2,32,40)(H2,34,35,36,37). The molecule has 9 nitrogen and oxygen atoms in total. The number of rotatable bonds is 7. The maximum Gasteiger partial charge on any atom is 0.229 e. The van der Waals surface area contributed by atoms with E-state index in [1.165, 1.54) is 31.4 Å². The van der Waals surface area contributed by atoms with Gasteiger partial charge in [0.05, 0.1) is 16.1 Å². The van der Waals surface area contributed by atoms with Crippen LogP contribution in [0.1, 0.15) is 32.1 Å². The number of hydrogen-bond acceptors (Lipinski definition) is 9. The van der Waals surface area contributed by atoms with E-state index in [4.69, 9.17) is 15.7 Å². The molecule has 5 N–H and O–H groups in total. The van der Waals surface area contributed by atoms with Gasteiger partial charge in [-0.1, -0.05) is 12.2 Å². The molecule has 3 saturated heterocycles. The molecule has 4 fully saturated rings. The van der Waals surface area contributed by atoms with Gasteiger partial charge in [0.25, 0.3) is 0 Å². The minimum Gasteiger partial charge on any atom is -0.369 e. The first-order valence-corrected chi connectivity index (χ1v) is 16.1. The van der Waals surface area contributed by atoms with Crippen molar-refractivity contribution < 1.29 is 4.79 Å². The molecule has 2 aliphatic carbocycles. The number of benzene rings is 1. The van der Waals surface area contributed by atoms with E-state index in [1.54, 1.807) is 11.3 Å². The Morgan fingerprint density at radius 1 is 0.951 bits per heavy atom. The number of amides is 1. The number of allylic oxidation sites excluding steroid dienone is 1. The van der Waals surface area contributed by atoms with Gasteiger partial charge in [-0.25, -0.2) is 4.98 Å². The van der Waals surface area contributed by atoms with Crippen LogP contribution in [0, 0.1) is 17.8 Å². The SMILES string of the molecule is NC(=O)C1C2C=CC(C2)C1Nc1nc(Nc2ccc(N3CCN(C4CC5CCC(C4)N5)CC3)cc2)nc2ccsc12. The van der Waals surface area contributed by atoms with Gasteiger partial charge in [0.2, 0.25) is 11.9 Å². The maximum atomic E-state index is 12.3. The van der Waals surface area contributed by atoms with E-state index in [0.29, 0.717) is 11.9 Å². The van der Waals surface area contributed by atoms with Gasteiger partial charge in [0.15, 0.2) is 0 Å². The Morgan fingerprint density at radius 2 is 1.71 bits per heavy atom. The molecule has 10 heteroatoms. The Morgan fingerprint density at radius 3 is 2.46 bits per heavy atom. The average Bonchev–Trinajstić information content (AvgIpc) is 3.78. The summed E-state index contributed by atoms with van der Waals surface area (Å²) >= 11 is 1.61. The van der Waals surface area contributed by atoms with Gasteiger partial charge in [-0.2, -0.15) is 4.98 Å². The van der Waals surface area contributed by atoms with Crippen molar-refractivity contribution in [3.63, 3.8) is 0 Å². The van der Waals surface area contributed by atoms with Crippen molar-refractivity contribution in [2.24, 2.45) is 23.5 Å². The van der Waals surface area contributed by atoms with Gasteiger partial charge in [0, 0.05) is 61.7 Å². The first kappa shape index (κ1) is 25.5. The number of anilines is 4. The molecule has 1 saturated carbocycles. The van der Waals surface area contributed by atoms with E-state index in [9.17, 15) is 4.79 Å². The second-order valence-corrected chi connectivity index (χ2v) is 13.5. The third-order valence-corrected chi connectivity index (χ3v) is 11.1. The number of hydrogen-bond donors (Lipinski definition) is 4. The lowest BCUT2D eigenvalue weighted by Crippen LogP contribution is -2.54. The highest BCUT2D eigenvalue weighted by Crippen LogP contribution is 2.45. The van der Waals surface area contributed by atoms with Gasteiger partial charge in [-0.05, 0) is 79.7 Å². The minimum atomic E-state index is -0.242. The summed E-state index contributed by atoms with van der Waals surface area (Å²) in [4.78, 5) is 27.1. The fourth-order valence-electron chi connectivity index (χ4n) is 8.14. The molecule has 3 aliphatic heterocycles. The van der Waals surface area contributed by atoms with Crippen molar-refractivity contribution in [1.82, 2.24) is 20.2 Å².